The zero-order valence-electron chi connectivity index (χ0n) is 67.5. The van der Waals surface area contributed by atoms with Crippen molar-refractivity contribution in [2.24, 2.45) is 67.7 Å². The minimum atomic E-state index is -1.52. The standard InChI is InChI=1S/C75H125N23O17/c1-39(2)34-55(96-67(108)52(23-15-17-31-77)91-62(103)45(9)89-70(111)57(36-47-20-12-11-13-21-47)95-63(104)44(8)87-64(105)50(79)38-59(100)41(5)78)69(110)88-42(6)60(101)86-43(7)61(102)92-53(24-18-32-84-74(80)81)68(109)97-56(35-40(3)4)71(112)98-58(37-48-26-28-49(99)29-27-48)72(113)94-54(25-19-33-85-75(82)83)66(107)93-51(22-14-16-30-76)65(106)90-46(10)73(114)115/h11-13,20-21,26-29,39-46,50-58,99H,14-19,22-25,30-38,76-79H2,1-10H3,(H,86,101)(H,87,105)(H,88,110)(H,89,111)(H,90,106)(H,91,103)(H,92,102)(H,93,107)(H,94,113)(H,95,104)(H,96,108)(H,97,109)(H,98,112)(H,114,115)(H4,80,81,84)(H4,82,83,85)/t41-,42-,43-,44-,45-,46-,50-,51-,52-,53-,54-,55-,56-,57-,58-/m0/s1. The lowest BCUT2D eigenvalue weighted by Crippen LogP contribution is -2.60. The molecule has 0 saturated heterocycles. The Bertz CT molecular complexity index is 3600. The molecule has 13 amide bonds. The highest BCUT2D eigenvalue weighted by Gasteiger charge is 2.37. The molecule has 0 saturated carbocycles. The van der Waals surface area contributed by atoms with Crippen LogP contribution in [-0.4, -0.2) is 227 Å². The van der Waals surface area contributed by atoms with Gasteiger partial charge >= 0.3 is 5.97 Å². The van der Waals surface area contributed by atoms with E-state index in [0.717, 1.165) is 0 Å². The zero-order chi connectivity index (χ0) is 86.8. The maximum Gasteiger partial charge on any atom is 0.325 e. The van der Waals surface area contributed by atoms with Gasteiger partial charge in [-0.3, -0.25) is 81.9 Å². The lowest BCUT2D eigenvalue weighted by Gasteiger charge is -2.28. The van der Waals surface area contributed by atoms with E-state index in [9.17, 15) is 82.1 Å². The molecule has 0 fully saturated rings. The third-order valence-electron chi connectivity index (χ3n) is 17.9. The summed E-state index contributed by atoms with van der Waals surface area (Å²) < 4.78 is 0. The molecule has 115 heavy (non-hydrogen) atoms. The van der Waals surface area contributed by atoms with Gasteiger partial charge in [-0.25, -0.2) is 0 Å². The molecule has 31 N–H and O–H groups in total. The summed E-state index contributed by atoms with van der Waals surface area (Å²) in [6, 6.07) is -5.81. The van der Waals surface area contributed by atoms with Gasteiger partial charge in [-0.2, -0.15) is 0 Å². The number of phenolic OH excluding ortho intramolecular Hbond substituents is 1. The van der Waals surface area contributed by atoms with E-state index >= 15 is 0 Å². The van der Waals surface area contributed by atoms with Gasteiger partial charge in [0.05, 0.1) is 12.1 Å². The van der Waals surface area contributed by atoms with Gasteiger partial charge in [0.1, 0.15) is 84.3 Å². The number of hydrogen-bond donors (Lipinski definition) is 23. The Labute approximate surface area is 670 Å². The summed E-state index contributed by atoms with van der Waals surface area (Å²) in [7, 11) is 0. The first-order chi connectivity index (χ1) is 54.1. The molecule has 2 rings (SSSR count). The molecule has 0 bridgehead atoms. The predicted octanol–water partition coefficient (Wildman–Crippen LogP) is -5.24. The van der Waals surface area contributed by atoms with E-state index in [-0.39, 0.29) is 126 Å². The number of aromatic hydroxyl groups is 1. The van der Waals surface area contributed by atoms with Crippen molar-refractivity contribution in [1.82, 2.24) is 69.1 Å². The Balaban J connectivity index is 2.43. The first-order valence-corrected chi connectivity index (χ1v) is 38.6. The highest BCUT2D eigenvalue weighted by Crippen LogP contribution is 2.16. The van der Waals surface area contributed by atoms with E-state index in [1.54, 1.807) is 58.0 Å². The van der Waals surface area contributed by atoms with Crippen LogP contribution in [0.3, 0.4) is 0 Å². The van der Waals surface area contributed by atoms with E-state index in [1.165, 1.54) is 65.8 Å². The Morgan fingerprint density at radius 1 is 0.348 bits per heavy atom. The molecule has 2 aromatic rings. The Hall–Kier alpha value is -11.1. The summed E-state index contributed by atoms with van der Waals surface area (Å²) in [6.45, 7) is 15.4. The normalized spacial score (nSPS) is 15.0. The number of guanidine groups is 2. The Kier molecular flexibility index (Phi) is 45.5. The molecule has 0 heterocycles. The van der Waals surface area contributed by atoms with Crippen LogP contribution in [0, 0.1) is 11.8 Å². The van der Waals surface area contributed by atoms with Gasteiger partial charge in [-0.15, -0.1) is 0 Å². The van der Waals surface area contributed by atoms with E-state index in [2.05, 4.69) is 79.1 Å². The van der Waals surface area contributed by atoms with Gasteiger partial charge in [0.25, 0.3) is 0 Å². The van der Waals surface area contributed by atoms with E-state index in [0.29, 0.717) is 36.8 Å². The fourth-order valence-corrected chi connectivity index (χ4v) is 11.3. The minimum Gasteiger partial charge on any atom is -0.508 e. The SMILES string of the molecule is CC(C)C[C@H](NC(=O)[C@H](CCCCN)NC(=O)[C@H](C)NC(=O)[C@H](Cc1ccccc1)NC(=O)[C@H](C)NC(=O)[C@@H](N)CC(=O)[C@H](C)N)C(=O)N[C@@H](C)C(=O)N[C@@H](C)C(=O)N[C@@H](CCCN=C(N)N)C(=O)N[C@@H](CC(C)C)C(=O)N[C@@H](Cc1ccc(O)cc1)C(=O)N[C@@H](CCCN=C(N)N)C(=O)N[C@@H](CCCCN)C(=O)N[C@@H](C)C(=O)O. The number of nitrogens with zero attached hydrogens (tertiary/aromatic N) is 2. The smallest absolute Gasteiger partial charge is 0.325 e. The number of hydrogen-bond acceptors (Lipinski definition) is 22. The van der Waals surface area contributed by atoms with Gasteiger partial charge in [0.2, 0.25) is 76.8 Å². The topological polar surface area (TPSA) is 686 Å². The predicted molar refractivity (Wildman–Crippen MR) is 429 cm³/mol. The fourth-order valence-electron chi connectivity index (χ4n) is 11.3. The van der Waals surface area contributed by atoms with Crippen LogP contribution in [0.2, 0.25) is 0 Å². The van der Waals surface area contributed by atoms with E-state index < -0.39 is 179 Å². The molecule has 40 nitrogen and oxygen atoms in total. The second kappa shape index (κ2) is 52.3. The van der Waals surface area contributed by atoms with Crippen LogP contribution in [0.5, 0.6) is 5.75 Å². The molecule has 0 unspecified atom stereocenters. The fraction of sp³-hybridized carbons (Fsp3) is 0.613. The lowest BCUT2D eigenvalue weighted by molar-refractivity contribution is -0.142. The van der Waals surface area contributed by atoms with Gasteiger partial charge in [0.15, 0.2) is 17.7 Å². The number of carboxylic acids is 1. The largest absolute Gasteiger partial charge is 0.508 e. The van der Waals surface area contributed by atoms with Crippen LogP contribution >= 0.6 is 0 Å². The van der Waals surface area contributed by atoms with Gasteiger partial charge in [-0.05, 0) is 167 Å². The third-order valence-corrected chi connectivity index (χ3v) is 17.9. The van der Waals surface area contributed by atoms with Crippen molar-refractivity contribution in [2.45, 2.75) is 256 Å². The second-order valence-electron chi connectivity index (χ2n) is 29.3. The maximum atomic E-state index is 14.7. The Morgan fingerprint density at radius 2 is 0.635 bits per heavy atom. The molecule has 0 aliphatic rings. The van der Waals surface area contributed by atoms with Crippen molar-refractivity contribution >= 4 is 100 Å². The molecule has 15 atom stereocenters. The number of aliphatic imine (C=N–C) groups is 2. The molecule has 40 heteroatoms. The van der Waals surface area contributed by atoms with Crippen molar-refractivity contribution < 1.29 is 82.1 Å². The van der Waals surface area contributed by atoms with Crippen LogP contribution in [-0.2, 0) is 84.8 Å². The summed E-state index contributed by atoms with van der Waals surface area (Å²) in [5, 5.41) is 53.3. The number of nitrogens with two attached hydrogens (primary N) is 8. The number of benzene rings is 2. The number of rotatable bonds is 54. The summed E-state index contributed by atoms with van der Waals surface area (Å²) in [5.41, 5.74) is 46.3. The molecule has 0 aliphatic heterocycles. The summed E-state index contributed by atoms with van der Waals surface area (Å²) in [6.07, 6.45) is 0.719. The summed E-state index contributed by atoms with van der Waals surface area (Å²) >= 11 is 0. The van der Waals surface area contributed by atoms with Gasteiger partial charge in [0, 0.05) is 32.4 Å². The number of unbranched alkanes of at least 4 members (excludes halogenated alkanes) is 2. The van der Waals surface area contributed by atoms with Crippen molar-refractivity contribution in [2.75, 3.05) is 26.2 Å². The highest BCUT2D eigenvalue weighted by atomic mass is 16.4. The molecule has 0 radical (unpaired) electrons. The van der Waals surface area contributed by atoms with Crippen molar-refractivity contribution in [3.63, 3.8) is 0 Å². The lowest BCUT2D eigenvalue weighted by atomic mass is 9.99. The molecular formula is C75H125N23O17. The van der Waals surface area contributed by atoms with Gasteiger partial charge < -0.3 is 125 Å². The quantitative estimate of drug-likeness (QED) is 0.0167. The second-order valence-corrected chi connectivity index (χ2v) is 29.3. The number of carbonyl (C=O) groups is 15. The van der Waals surface area contributed by atoms with E-state index in [1.807, 2.05) is 0 Å². The monoisotopic (exact) mass is 1620 g/mol. The number of Topliss-reactive ketones (excluding diaryl/α,β-unsaturated/α-hetero) is 1. The molecule has 642 valence electrons. The number of nitrogens with one attached hydrogen (secondary N) is 13. The molecular weight excluding hydrogens is 1490 g/mol. The average molecular weight is 1620 g/mol. The van der Waals surface area contributed by atoms with Gasteiger partial charge in [-0.1, -0.05) is 70.2 Å². The summed E-state index contributed by atoms with van der Waals surface area (Å²) in [5.74, 6) is -14.2. The Morgan fingerprint density at radius 3 is 1.01 bits per heavy atom. The van der Waals surface area contributed by atoms with Crippen LogP contribution in [0.4, 0.5) is 0 Å². The number of carboxylic acid groups (broad SMARTS) is 1. The number of amides is 13. The van der Waals surface area contributed by atoms with Crippen molar-refractivity contribution in [3.05, 3.63) is 65.7 Å². The third kappa shape index (κ3) is 39.5. The maximum absolute atomic E-state index is 14.7. The molecule has 0 spiro atoms. The highest BCUT2D eigenvalue weighted by molar-refractivity contribution is 6.00. The van der Waals surface area contributed by atoms with Crippen molar-refractivity contribution in [3.8, 4) is 5.75 Å². The number of ketones is 1. The molecule has 0 aromatic heterocycles. The first kappa shape index (κ1) is 99.9. The molecule has 0 aliphatic carbocycles. The van der Waals surface area contributed by atoms with Crippen LogP contribution in [0.15, 0.2) is 64.6 Å². The number of phenols is 1. The van der Waals surface area contributed by atoms with E-state index in [4.69, 9.17) is 45.9 Å². The molecule has 2 aromatic carbocycles. The van der Waals surface area contributed by atoms with Crippen molar-refractivity contribution in [1.29, 1.82) is 0 Å². The van der Waals surface area contributed by atoms with Crippen LogP contribution in [0.1, 0.15) is 164 Å². The van der Waals surface area contributed by atoms with Crippen LogP contribution in [0.25, 0.3) is 0 Å². The number of aliphatic carboxylic acids is 1. The minimum absolute atomic E-state index is 0.00412. The number of carbonyl (C=O) groups excluding carboxylic acids is 14. The first-order valence-electron chi connectivity index (χ1n) is 38.6. The van der Waals surface area contributed by atoms with Crippen LogP contribution < -0.4 is 115 Å². The summed E-state index contributed by atoms with van der Waals surface area (Å²) in [4.78, 5) is 214. The zero-order valence-corrected chi connectivity index (χ0v) is 67.5. The average Bonchev–Trinajstić information content (AvgIpc) is 0.851.